The summed E-state index contributed by atoms with van der Waals surface area (Å²) in [5.41, 5.74) is 1.32. The number of piperidine rings is 2. The third-order valence-electron chi connectivity index (χ3n) is 6.30. The normalized spacial score (nSPS) is 18.6. The van der Waals surface area contributed by atoms with Crippen molar-refractivity contribution in [2.24, 2.45) is 11.8 Å². The van der Waals surface area contributed by atoms with E-state index in [-0.39, 0.29) is 11.8 Å². The van der Waals surface area contributed by atoms with Crippen molar-refractivity contribution in [1.29, 1.82) is 0 Å². The van der Waals surface area contributed by atoms with E-state index in [0.717, 1.165) is 78.3 Å². The fourth-order valence-electron chi connectivity index (χ4n) is 4.30. The zero-order chi connectivity index (χ0) is 21.3. The summed E-state index contributed by atoms with van der Waals surface area (Å²) in [5.74, 6) is 1.21. The van der Waals surface area contributed by atoms with E-state index < -0.39 is 0 Å². The van der Waals surface area contributed by atoms with E-state index in [4.69, 9.17) is 9.47 Å². The van der Waals surface area contributed by atoms with E-state index in [2.05, 4.69) is 0 Å². The van der Waals surface area contributed by atoms with Crippen LogP contribution in [0.1, 0.15) is 60.2 Å². The minimum atomic E-state index is 0.0561. The molecule has 0 unspecified atom stereocenters. The summed E-state index contributed by atoms with van der Waals surface area (Å²) in [5, 5.41) is 0. The highest BCUT2D eigenvalue weighted by Crippen LogP contribution is 2.21. The number of likely N-dealkylation sites (tertiary alicyclic amines) is 2. The average molecular weight is 417 g/mol. The fourth-order valence-corrected chi connectivity index (χ4v) is 4.30. The SMILES string of the molecule is CCOCC1CCN(C(=O)c2ccc(C(=O)N3CCC(COCC)CC3)cc2)CC1. The van der Waals surface area contributed by atoms with Crippen molar-refractivity contribution >= 4 is 11.8 Å². The Kier molecular flexibility index (Phi) is 8.70. The lowest BCUT2D eigenvalue weighted by atomic mass is 9.96. The molecule has 0 saturated carbocycles. The van der Waals surface area contributed by atoms with Crippen LogP contribution in [0.25, 0.3) is 0 Å². The van der Waals surface area contributed by atoms with E-state index in [1.54, 1.807) is 24.3 Å². The summed E-state index contributed by atoms with van der Waals surface area (Å²) in [4.78, 5) is 29.5. The molecule has 2 saturated heterocycles. The molecular formula is C24H36N2O4. The highest BCUT2D eigenvalue weighted by Gasteiger charge is 2.26. The van der Waals surface area contributed by atoms with Crippen LogP contribution in [0, 0.1) is 11.8 Å². The molecule has 0 radical (unpaired) electrons. The molecule has 30 heavy (non-hydrogen) atoms. The second-order valence-corrected chi connectivity index (χ2v) is 8.37. The second kappa shape index (κ2) is 11.5. The molecule has 166 valence electrons. The van der Waals surface area contributed by atoms with Crippen molar-refractivity contribution < 1.29 is 19.1 Å². The van der Waals surface area contributed by atoms with Crippen LogP contribution in [0.3, 0.4) is 0 Å². The molecule has 0 atom stereocenters. The van der Waals surface area contributed by atoms with Gasteiger partial charge in [-0.3, -0.25) is 9.59 Å². The average Bonchev–Trinajstić information content (AvgIpc) is 2.81. The number of carbonyl (C=O) groups excluding carboxylic acids is 2. The van der Waals surface area contributed by atoms with Crippen molar-refractivity contribution in [2.45, 2.75) is 39.5 Å². The zero-order valence-corrected chi connectivity index (χ0v) is 18.5. The number of amides is 2. The minimum absolute atomic E-state index is 0.0561. The predicted molar refractivity (Wildman–Crippen MR) is 117 cm³/mol. The number of nitrogens with zero attached hydrogens (tertiary/aromatic N) is 2. The second-order valence-electron chi connectivity index (χ2n) is 8.37. The summed E-state index contributed by atoms with van der Waals surface area (Å²) < 4.78 is 11.0. The van der Waals surface area contributed by atoms with Gasteiger partial charge in [-0.05, 0) is 75.6 Å². The van der Waals surface area contributed by atoms with Gasteiger partial charge in [-0.2, -0.15) is 0 Å². The lowest BCUT2D eigenvalue weighted by Gasteiger charge is -2.32. The molecular weight excluding hydrogens is 380 g/mol. The van der Waals surface area contributed by atoms with Gasteiger partial charge in [0.15, 0.2) is 0 Å². The molecule has 2 aliphatic heterocycles. The van der Waals surface area contributed by atoms with E-state index >= 15 is 0 Å². The predicted octanol–water partition coefficient (Wildman–Crippen LogP) is 3.46. The first-order valence-electron chi connectivity index (χ1n) is 11.5. The number of benzene rings is 1. The third-order valence-corrected chi connectivity index (χ3v) is 6.30. The van der Waals surface area contributed by atoms with Gasteiger partial charge in [0, 0.05) is 63.7 Å². The van der Waals surface area contributed by atoms with Crippen molar-refractivity contribution in [2.75, 3.05) is 52.6 Å². The smallest absolute Gasteiger partial charge is 0.253 e. The maximum absolute atomic E-state index is 12.8. The van der Waals surface area contributed by atoms with Crippen LogP contribution in [0.2, 0.25) is 0 Å². The first-order valence-corrected chi connectivity index (χ1v) is 11.5. The first-order chi connectivity index (χ1) is 14.6. The molecule has 2 aliphatic rings. The Bertz CT molecular complexity index is 616. The Morgan fingerprint density at radius 1 is 0.733 bits per heavy atom. The van der Waals surface area contributed by atoms with E-state index in [9.17, 15) is 9.59 Å². The standard InChI is InChI=1S/C24H36N2O4/c1-3-29-17-19-9-13-25(14-10-19)23(27)21-5-7-22(8-6-21)24(28)26-15-11-20(12-16-26)18-30-4-2/h5-8,19-20H,3-4,9-18H2,1-2H3. The molecule has 2 heterocycles. The maximum Gasteiger partial charge on any atom is 0.253 e. The summed E-state index contributed by atoms with van der Waals surface area (Å²) >= 11 is 0. The number of hydrogen-bond donors (Lipinski definition) is 0. The van der Waals surface area contributed by atoms with Gasteiger partial charge in [-0.25, -0.2) is 0 Å². The highest BCUT2D eigenvalue weighted by molar-refractivity contribution is 5.97. The summed E-state index contributed by atoms with van der Waals surface area (Å²) in [6.07, 6.45) is 3.95. The number of hydrogen-bond acceptors (Lipinski definition) is 4. The van der Waals surface area contributed by atoms with Crippen molar-refractivity contribution in [3.63, 3.8) is 0 Å². The van der Waals surface area contributed by atoms with Gasteiger partial charge >= 0.3 is 0 Å². The molecule has 6 heteroatoms. The summed E-state index contributed by atoms with van der Waals surface area (Å²) in [6, 6.07) is 7.18. The van der Waals surface area contributed by atoms with Crippen LogP contribution in [0.5, 0.6) is 0 Å². The Morgan fingerprint density at radius 2 is 1.07 bits per heavy atom. The Morgan fingerprint density at radius 3 is 1.37 bits per heavy atom. The summed E-state index contributed by atoms with van der Waals surface area (Å²) in [6.45, 7) is 10.2. The third kappa shape index (κ3) is 6.05. The van der Waals surface area contributed by atoms with Crippen LogP contribution < -0.4 is 0 Å². The Balaban J connectivity index is 1.49. The highest BCUT2D eigenvalue weighted by atomic mass is 16.5. The van der Waals surface area contributed by atoms with Gasteiger partial charge < -0.3 is 19.3 Å². The number of ether oxygens (including phenoxy) is 2. The molecule has 0 bridgehead atoms. The van der Waals surface area contributed by atoms with E-state index in [0.29, 0.717) is 23.0 Å². The Hall–Kier alpha value is -1.92. The first kappa shape index (κ1) is 22.8. The van der Waals surface area contributed by atoms with Gasteiger partial charge in [0.2, 0.25) is 0 Å². The lowest BCUT2D eigenvalue weighted by molar-refractivity contribution is 0.0544. The zero-order valence-electron chi connectivity index (χ0n) is 18.5. The fraction of sp³-hybridized carbons (Fsp3) is 0.667. The molecule has 1 aromatic carbocycles. The topological polar surface area (TPSA) is 59.1 Å². The molecule has 0 aromatic heterocycles. The van der Waals surface area contributed by atoms with Gasteiger partial charge in [0.05, 0.1) is 0 Å². The quantitative estimate of drug-likeness (QED) is 0.651. The van der Waals surface area contributed by atoms with E-state index in [1.807, 2.05) is 23.6 Å². The van der Waals surface area contributed by atoms with Gasteiger partial charge in [-0.15, -0.1) is 0 Å². The Labute approximate surface area is 180 Å². The van der Waals surface area contributed by atoms with Crippen LogP contribution in [-0.4, -0.2) is 74.2 Å². The van der Waals surface area contributed by atoms with Gasteiger partial charge in [0.1, 0.15) is 0 Å². The van der Waals surface area contributed by atoms with Crippen LogP contribution in [-0.2, 0) is 9.47 Å². The van der Waals surface area contributed by atoms with Crippen molar-refractivity contribution in [1.82, 2.24) is 9.80 Å². The minimum Gasteiger partial charge on any atom is -0.381 e. The number of carbonyl (C=O) groups is 2. The van der Waals surface area contributed by atoms with Crippen LogP contribution in [0.15, 0.2) is 24.3 Å². The van der Waals surface area contributed by atoms with Crippen LogP contribution in [0.4, 0.5) is 0 Å². The van der Waals surface area contributed by atoms with E-state index in [1.165, 1.54) is 0 Å². The van der Waals surface area contributed by atoms with Gasteiger partial charge in [0.25, 0.3) is 11.8 Å². The summed E-state index contributed by atoms with van der Waals surface area (Å²) in [7, 11) is 0. The largest absolute Gasteiger partial charge is 0.381 e. The molecule has 2 fully saturated rings. The van der Waals surface area contributed by atoms with Crippen molar-refractivity contribution in [3.05, 3.63) is 35.4 Å². The monoisotopic (exact) mass is 416 g/mol. The molecule has 1 aromatic rings. The van der Waals surface area contributed by atoms with Crippen LogP contribution >= 0.6 is 0 Å². The number of rotatable bonds is 8. The molecule has 0 N–H and O–H groups in total. The molecule has 3 rings (SSSR count). The van der Waals surface area contributed by atoms with Gasteiger partial charge in [-0.1, -0.05) is 0 Å². The lowest BCUT2D eigenvalue weighted by Crippen LogP contribution is -2.40. The maximum atomic E-state index is 12.8. The molecule has 0 spiro atoms. The molecule has 6 nitrogen and oxygen atoms in total. The molecule has 2 amide bonds. The molecule has 0 aliphatic carbocycles. The van der Waals surface area contributed by atoms with Crippen molar-refractivity contribution in [3.8, 4) is 0 Å².